The zero-order valence-electron chi connectivity index (χ0n) is 12.8. The van der Waals surface area contributed by atoms with E-state index < -0.39 is 5.54 Å². The molecule has 0 unspecified atom stereocenters. The van der Waals surface area contributed by atoms with E-state index in [1.807, 2.05) is 30.3 Å². The zero-order valence-corrected chi connectivity index (χ0v) is 12.8. The second-order valence-electron chi connectivity index (χ2n) is 4.97. The number of benzene rings is 1. The van der Waals surface area contributed by atoms with Crippen LogP contribution in [0.2, 0.25) is 0 Å². The van der Waals surface area contributed by atoms with Crippen LogP contribution in [0.25, 0.3) is 0 Å². The smallest absolute Gasteiger partial charge is 0.320 e. The summed E-state index contributed by atoms with van der Waals surface area (Å²) in [7, 11) is 1.54. The molecule has 1 aromatic rings. The van der Waals surface area contributed by atoms with Crippen molar-refractivity contribution in [2.45, 2.75) is 25.9 Å². The fraction of sp³-hybridized carbons (Fsp3) is 0.500. The molecule has 1 aromatic carbocycles. The van der Waals surface area contributed by atoms with Gasteiger partial charge in [-0.3, -0.25) is 9.69 Å². The fourth-order valence-electron chi connectivity index (χ4n) is 2.05. The van der Waals surface area contributed by atoms with E-state index in [-0.39, 0.29) is 19.1 Å². The third-order valence-corrected chi connectivity index (χ3v) is 3.21. The second-order valence-corrected chi connectivity index (χ2v) is 4.97. The molecule has 1 atom stereocenters. The van der Waals surface area contributed by atoms with Gasteiger partial charge in [0.05, 0.1) is 25.8 Å². The Morgan fingerprint density at radius 3 is 2.57 bits per heavy atom. The van der Waals surface area contributed by atoms with Gasteiger partial charge in [-0.15, -0.1) is 0 Å². The van der Waals surface area contributed by atoms with Crippen LogP contribution in [0.15, 0.2) is 30.3 Å². The first kappa shape index (κ1) is 17.2. The molecule has 0 saturated heterocycles. The van der Waals surface area contributed by atoms with Crippen molar-refractivity contribution in [2.75, 3.05) is 26.9 Å². The molecule has 0 aliphatic carbocycles. The Balaban J connectivity index is 2.93. The van der Waals surface area contributed by atoms with Crippen molar-refractivity contribution < 1.29 is 14.3 Å². The summed E-state index contributed by atoms with van der Waals surface area (Å²) in [5, 5.41) is 9.48. The van der Waals surface area contributed by atoms with Crippen molar-refractivity contribution >= 4 is 5.97 Å². The van der Waals surface area contributed by atoms with Crippen molar-refractivity contribution in [1.29, 1.82) is 5.26 Å². The molecule has 114 valence electrons. The minimum Gasteiger partial charge on any atom is -0.465 e. The lowest BCUT2D eigenvalue weighted by molar-refractivity contribution is -0.146. The van der Waals surface area contributed by atoms with Gasteiger partial charge in [-0.05, 0) is 19.4 Å². The van der Waals surface area contributed by atoms with E-state index in [2.05, 4.69) is 6.07 Å². The van der Waals surface area contributed by atoms with Crippen LogP contribution in [0.4, 0.5) is 0 Å². The molecule has 0 aromatic heterocycles. The third kappa shape index (κ3) is 5.18. The minimum absolute atomic E-state index is 0.0517. The molecular formula is C16H22N2O3. The van der Waals surface area contributed by atoms with Crippen LogP contribution in [0.5, 0.6) is 0 Å². The normalized spacial score (nSPS) is 13.5. The Morgan fingerprint density at radius 2 is 2.05 bits per heavy atom. The summed E-state index contributed by atoms with van der Waals surface area (Å²) in [5.74, 6) is -0.342. The van der Waals surface area contributed by atoms with E-state index in [0.717, 1.165) is 5.56 Å². The Labute approximate surface area is 126 Å². The number of methoxy groups -OCH3 is 1. The number of carbonyl (C=O) groups excluding carboxylic acids is 1. The average molecular weight is 290 g/mol. The summed E-state index contributed by atoms with van der Waals surface area (Å²) >= 11 is 0. The maximum Gasteiger partial charge on any atom is 0.320 e. The van der Waals surface area contributed by atoms with Crippen LogP contribution in [-0.4, -0.2) is 43.3 Å². The van der Waals surface area contributed by atoms with Crippen molar-refractivity contribution in [2.24, 2.45) is 0 Å². The van der Waals surface area contributed by atoms with Gasteiger partial charge in [0.2, 0.25) is 0 Å². The van der Waals surface area contributed by atoms with E-state index in [4.69, 9.17) is 9.47 Å². The molecule has 0 aliphatic heterocycles. The van der Waals surface area contributed by atoms with Gasteiger partial charge in [-0.1, -0.05) is 30.3 Å². The van der Waals surface area contributed by atoms with Gasteiger partial charge in [0.15, 0.2) is 0 Å². The lowest BCUT2D eigenvalue weighted by Gasteiger charge is -2.34. The lowest BCUT2D eigenvalue weighted by Crippen LogP contribution is -2.50. The molecule has 21 heavy (non-hydrogen) atoms. The van der Waals surface area contributed by atoms with Crippen molar-refractivity contribution in [3.63, 3.8) is 0 Å². The molecule has 1 rings (SSSR count). The number of hydrogen-bond donors (Lipinski definition) is 0. The largest absolute Gasteiger partial charge is 0.465 e. The number of nitrogens with zero attached hydrogens (tertiary/aromatic N) is 2. The van der Waals surface area contributed by atoms with Crippen LogP contribution >= 0.6 is 0 Å². The minimum atomic E-state index is -0.892. The molecule has 0 saturated carbocycles. The SMILES string of the molecule is CCOC(=O)CN(Cc1ccccc1)[C@@](C)(C#N)COC. The van der Waals surface area contributed by atoms with Gasteiger partial charge < -0.3 is 9.47 Å². The highest BCUT2D eigenvalue weighted by Crippen LogP contribution is 2.18. The fourth-order valence-corrected chi connectivity index (χ4v) is 2.05. The van der Waals surface area contributed by atoms with Crippen molar-refractivity contribution in [3.8, 4) is 6.07 Å². The molecule has 5 nitrogen and oxygen atoms in total. The molecule has 0 radical (unpaired) electrons. The number of hydrogen-bond acceptors (Lipinski definition) is 5. The van der Waals surface area contributed by atoms with Crippen molar-refractivity contribution in [3.05, 3.63) is 35.9 Å². The summed E-state index contributed by atoms with van der Waals surface area (Å²) in [4.78, 5) is 13.6. The van der Waals surface area contributed by atoms with Gasteiger partial charge in [0.25, 0.3) is 0 Å². The van der Waals surface area contributed by atoms with E-state index in [0.29, 0.717) is 13.2 Å². The van der Waals surface area contributed by atoms with E-state index in [1.54, 1.807) is 25.9 Å². The standard InChI is InChI=1S/C16H22N2O3/c1-4-21-15(19)11-18(16(2,12-17)13-20-3)10-14-8-6-5-7-9-14/h5-9H,4,10-11,13H2,1-3H3/t16-/m0/s1. The summed E-state index contributed by atoms with van der Waals surface area (Å²) in [6.45, 7) is 4.60. The van der Waals surface area contributed by atoms with Gasteiger partial charge in [-0.2, -0.15) is 5.26 Å². The van der Waals surface area contributed by atoms with Gasteiger partial charge in [-0.25, -0.2) is 0 Å². The molecule has 0 N–H and O–H groups in total. The topological polar surface area (TPSA) is 62.6 Å². The molecular weight excluding hydrogens is 268 g/mol. The van der Waals surface area contributed by atoms with Crippen molar-refractivity contribution in [1.82, 2.24) is 4.90 Å². The number of nitriles is 1. The second kappa shape index (κ2) is 8.40. The van der Waals surface area contributed by atoms with Crippen LogP contribution in [0, 0.1) is 11.3 Å². The van der Waals surface area contributed by atoms with Crippen LogP contribution in [-0.2, 0) is 20.8 Å². The van der Waals surface area contributed by atoms with Crippen LogP contribution < -0.4 is 0 Å². The highest BCUT2D eigenvalue weighted by atomic mass is 16.5. The summed E-state index contributed by atoms with van der Waals surface area (Å²) < 4.78 is 10.1. The Morgan fingerprint density at radius 1 is 1.38 bits per heavy atom. The number of carbonyl (C=O) groups is 1. The molecule has 0 fully saturated rings. The molecule has 0 amide bonds. The molecule has 5 heteroatoms. The highest BCUT2D eigenvalue weighted by molar-refractivity contribution is 5.71. The summed E-state index contributed by atoms with van der Waals surface area (Å²) in [6.07, 6.45) is 0. The predicted molar refractivity (Wildman–Crippen MR) is 79.4 cm³/mol. The van der Waals surface area contributed by atoms with E-state index >= 15 is 0 Å². The monoisotopic (exact) mass is 290 g/mol. The molecule has 0 bridgehead atoms. The maximum absolute atomic E-state index is 11.8. The predicted octanol–water partition coefficient (Wildman–Crippen LogP) is 1.98. The van der Waals surface area contributed by atoms with E-state index in [9.17, 15) is 10.1 Å². The molecule has 0 heterocycles. The quantitative estimate of drug-likeness (QED) is 0.685. The first-order chi connectivity index (χ1) is 10.1. The first-order valence-electron chi connectivity index (χ1n) is 6.90. The van der Waals surface area contributed by atoms with Gasteiger partial charge >= 0.3 is 5.97 Å². The lowest BCUT2D eigenvalue weighted by atomic mass is 10.0. The molecule has 0 aliphatic rings. The first-order valence-corrected chi connectivity index (χ1v) is 6.90. The molecule has 0 spiro atoms. The maximum atomic E-state index is 11.8. The van der Waals surface area contributed by atoms with Crippen LogP contribution in [0.3, 0.4) is 0 Å². The number of rotatable bonds is 8. The Bertz CT molecular complexity index is 484. The highest BCUT2D eigenvalue weighted by Gasteiger charge is 2.33. The van der Waals surface area contributed by atoms with E-state index in [1.165, 1.54) is 0 Å². The summed E-state index contributed by atoms with van der Waals surface area (Å²) in [5.41, 5.74) is 0.136. The Kier molecular flexibility index (Phi) is 6.86. The average Bonchev–Trinajstić information content (AvgIpc) is 2.48. The third-order valence-electron chi connectivity index (χ3n) is 3.21. The van der Waals surface area contributed by atoms with Gasteiger partial charge in [0, 0.05) is 13.7 Å². The Hall–Kier alpha value is -1.90. The number of ether oxygens (including phenoxy) is 2. The zero-order chi connectivity index (χ0) is 15.7. The van der Waals surface area contributed by atoms with Gasteiger partial charge in [0.1, 0.15) is 5.54 Å². The number of esters is 1. The van der Waals surface area contributed by atoms with Crippen LogP contribution in [0.1, 0.15) is 19.4 Å². The summed E-state index contributed by atoms with van der Waals surface area (Å²) in [6, 6.07) is 11.9.